The van der Waals surface area contributed by atoms with Gasteiger partial charge in [-0.3, -0.25) is 0 Å². The van der Waals surface area contributed by atoms with Gasteiger partial charge in [-0.05, 0) is 37.7 Å². The van der Waals surface area contributed by atoms with Crippen LogP contribution in [0.2, 0.25) is 0 Å². The fourth-order valence-corrected chi connectivity index (χ4v) is 2.53. The second-order valence-electron chi connectivity index (χ2n) is 3.74. The minimum Gasteiger partial charge on any atom is -0.320 e. The van der Waals surface area contributed by atoms with Crippen LogP contribution in [0.5, 0.6) is 0 Å². The van der Waals surface area contributed by atoms with E-state index in [0.717, 1.165) is 13.0 Å². The van der Waals surface area contributed by atoms with Crippen molar-refractivity contribution in [2.45, 2.75) is 12.2 Å². The van der Waals surface area contributed by atoms with Crippen LogP contribution in [0.25, 0.3) is 0 Å². The van der Waals surface area contributed by atoms with Gasteiger partial charge in [-0.15, -0.1) is 12.4 Å². The summed E-state index contributed by atoms with van der Waals surface area (Å²) in [4.78, 5) is 0. The second kappa shape index (κ2) is 8.42. The van der Waals surface area contributed by atoms with Crippen LogP contribution in [0.15, 0.2) is 24.3 Å². The van der Waals surface area contributed by atoms with Crippen molar-refractivity contribution in [1.29, 1.82) is 0 Å². The molecule has 0 heterocycles. The highest BCUT2D eigenvalue weighted by Gasteiger charge is 2.10. The van der Waals surface area contributed by atoms with Gasteiger partial charge in [0, 0.05) is 6.54 Å². The maximum atomic E-state index is 12.6. The molecule has 0 saturated carbocycles. The molecule has 0 saturated heterocycles. The topological polar surface area (TPSA) is 58.2 Å². The summed E-state index contributed by atoms with van der Waals surface area (Å²) < 4.78 is 38.4. The number of rotatable bonds is 7. The normalized spacial score (nSPS) is 11.0. The van der Waals surface area contributed by atoms with E-state index in [1.54, 1.807) is 0 Å². The third kappa shape index (κ3) is 6.90. The minimum absolute atomic E-state index is 0. The number of hydrogen-bond donors (Lipinski definition) is 2. The zero-order valence-electron chi connectivity index (χ0n) is 10.1. The van der Waals surface area contributed by atoms with E-state index in [-0.39, 0.29) is 24.0 Å². The van der Waals surface area contributed by atoms with E-state index in [1.807, 2.05) is 7.05 Å². The largest absolute Gasteiger partial charge is 0.320 e. The van der Waals surface area contributed by atoms with Crippen molar-refractivity contribution in [3.8, 4) is 0 Å². The Morgan fingerprint density at radius 3 is 2.33 bits per heavy atom. The van der Waals surface area contributed by atoms with E-state index < -0.39 is 10.0 Å². The van der Waals surface area contributed by atoms with Gasteiger partial charge in [-0.25, -0.2) is 17.5 Å². The third-order valence-electron chi connectivity index (χ3n) is 2.20. The zero-order chi connectivity index (χ0) is 12.7. The lowest BCUT2D eigenvalue weighted by molar-refractivity contribution is 0.576. The molecule has 0 spiro atoms. The minimum atomic E-state index is -3.33. The monoisotopic (exact) mass is 296 g/mol. The molecule has 0 aromatic heterocycles. The summed E-state index contributed by atoms with van der Waals surface area (Å²) >= 11 is 0. The molecule has 104 valence electrons. The SMILES string of the molecule is CNCCCNS(=O)(=O)Cc1ccc(F)cc1.Cl. The van der Waals surface area contributed by atoms with Crippen molar-refractivity contribution in [2.75, 3.05) is 20.1 Å². The van der Waals surface area contributed by atoms with Gasteiger partial charge in [0.1, 0.15) is 5.82 Å². The Morgan fingerprint density at radius 1 is 1.17 bits per heavy atom. The smallest absolute Gasteiger partial charge is 0.215 e. The van der Waals surface area contributed by atoms with E-state index in [1.165, 1.54) is 24.3 Å². The van der Waals surface area contributed by atoms with Crippen LogP contribution in [0.4, 0.5) is 4.39 Å². The zero-order valence-corrected chi connectivity index (χ0v) is 11.8. The van der Waals surface area contributed by atoms with Gasteiger partial charge in [-0.1, -0.05) is 12.1 Å². The molecule has 1 aromatic carbocycles. The first-order chi connectivity index (χ1) is 8.03. The Kier molecular flexibility index (Phi) is 8.10. The fraction of sp³-hybridized carbons (Fsp3) is 0.455. The van der Waals surface area contributed by atoms with Crippen LogP contribution in [-0.2, 0) is 15.8 Å². The highest BCUT2D eigenvalue weighted by molar-refractivity contribution is 7.88. The Balaban J connectivity index is 0.00000289. The fourth-order valence-electron chi connectivity index (χ4n) is 1.34. The molecule has 0 atom stereocenters. The van der Waals surface area contributed by atoms with Gasteiger partial charge >= 0.3 is 0 Å². The van der Waals surface area contributed by atoms with Crippen LogP contribution in [0, 0.1) is 5.82 Å². The molecule has 0 radical (unpaired) electrons. The molecule has 0 amide bonds. The van der Waals surface area contributed by atoms with E-state index in [9.17, 15) is 12.8 Å². The molecular weight excluding hydrogens is 279 g/mol. The first-order valence-corrected chi connectivity index (χ1v) is 7.05. The highest BCUT2D eigenvalue weighted by atomic mass is 35.5. The molecule has 1 rings (SSSR count). The lowest BCUT2D eigenvalue weighted by atomic mass is 10.2. The molecule has 4 nitrogen and oxygen atoms in total. The molecule has 1 aromatic rings. The number of hydrogen-bond acceptors (Lipinski definition) is 3. The summed E-state index contributed by atoms with van der Waals surface area (Å²) in [6.45, 7) is 1.17. The van der Waals surface area contributed by atoms with Gasteiger partial charge in [0.05, 0.1) is 5.75 Å². The third-order valence-corrected chi connectivity index (χ3v) is 3.55. The van der Waals surface area contributed by atoms with Gasteiger partial charge in [0.15, 0.2) is 0 Å². The van der Waals surface area contributed by atoms with Gasteiger partial charge in [0.2, 0.25) is 10.0 Å². The maximum Gasteiger partial charge on any atom is 0.215 e. The van der Waals surface area contributed by atoms with E-state index >= 15 is 0 Å². The van der Waals surface area contributed by atoms with Crippen molar-refractivity contribution in [3.05, 3.63) is 35.6 Å². The number of nitrogens with one attached hydrogen (secondary N) is 2. The molecular formula is C11H18ClFN2O2S. The van der Waals surface area contributed by atoms with Crippen molar-refractivity contribution in [3.63, 3.8) is 0 Å². The Bertz CT molecular complexity index is 437. The summed E-state index contributed by atoms with van der Waals surface area (Å²) in [6.07, 6.45) is 0.735. The van der Waals surface area contributed by atoms with Crippen molar-refractivity contribution in [1.82, 2.24) is 10.0 Å². The van der Waals surface area contributed by atoms with E-state index in [4.69, 9.17) is 0 Å². The number of sulfonamides is 1. The lowest BCUT2D eigenvalue weighted by Gasteiger charge is -2.06. The summed E-state index contributed by atoms with van der Waals surface area (Å²) in [5.74, 6) is -0.486. The average Bonchev–Trinajstić information content (AvgIpc) is 2.27. The number of halogens is 2. The predicted octanol–water partition coefficient (Wildman–Crippen LogP) is 1.28. The van der Waals surface area contributed by atoms with Crippen molar-refractivity contribution in [2.24, 2.45) is 0 Å². The maximum absolute atomic E-state index is 12.6. The van der Waals surface area contributed by atoms with Crippen LogP contribution in [0.1, 0.15) is 12.0 Å². The molecule has 0 fully saturated rings. The Hall–Kier alpha value is -0.690. The van der Waals surface area contributed by atoms with Crippen LogP contribution in [-0.4, -0.2) is 28.6 Å². The van der Waals surface area contributed by atoms with Gasteiger partial charge in [0.25, 0.3) is 0 Å². The van der Waals surface area contributed by atoms with E-state index in [2.05, 4.69) is 10.0 Å². The first-order valence-electron chi connectivity index (χ1n) is 5.40. The summed E-state index contributed by atoms with van der Waals surface area (Å²) in [5, 5.41) is 2.93. The lowest BCUT2D eigenvalue weighted by Crippen LogP contribution is -2.27. The number of benzene rings is 1. The molecule has 0 aliphatic carbocycles. The van der Waals surface area contributed by atoms with Crippen LogP contribution >= 0.6 is 12.4 Å². The molecule has 7 heteroatoms. The molecule has 0 bridgehead atoms. The van der Waals surface area contributed by atoms with Gasteiger partial charge in [-0.2, -0.15) is 0 Å². The Labute approximate surface area is 113 Å². The van der Waals surface area contributed by atoms with Crippen LogP contribution < -0.4 is 10.0 Å². The highest BCUT2D eigenvalue weighted by Crippen LogP contribution is 2.06. The molecule has 0 aliphatic heterocycles. The first kappa shape index (κ1) is 17.3. The van der Waals surface area contributed by atoms with E-state index in [0.29, 0.717) is 12.1 Å². The molecule has 18 heavy (non-hydrogen) atoms. The van der Waals surface area contributed by atoms with Crippen LogP contribution in [0.3, 0.4) is 0 Å². The van der Waals surface area contributed by atoms with Crippen molar-refractivity contribution < 1.29 is 12.8 Å². The molecule has 0 aliphatic rings. The summed E-state index contributed by atoms with van der Waals surface area (Å²) in [7, 11) is -1.52. The Morgan fingerprint density at radius 2 is 1.78 bits per heavy atom. The van der Waals surface area contributed by atoms with Crippen molar-refractivity contribution >= 4 is 22.4 Å². The standard InChI is InChI=1S/C11H17FN2O2S.ClH/c1-13-7-2-8-14-17(15,16)9-10-3-5-11(12)6-4-10;/h3-6,13-14H,2,7-9H2,1H3;1H. The predicted molar refractivity (Wildman–Crippen MR) is 72.8 cm³/mol. The second-order valence-corrected chi connectivity index (χ2v) is 5.54. The molecule has 2 N–H and O–H groups in total. The quantitative estimate of drug-likeness (QED) is 0.745. The summed E-state index contributed by atoms with van der Waals surface area (Å²) in [5.41, 5.74) is 0.576. The molecule has 0 unspecified atom stereocenters. The average molecular weight is 297 g/mol. The summed E-state index contributed by atoms with van der Waals surface area (Å²) in [6, 6.07) is 5.46. The van der Waals surface area contributed by atoms with Gasteiger partial charge < -0.3 is 5.32 Å².